The largest absolute Gasteiger partial charge is 0.383 e. The molecular weight excluding hydrogens is 348 g/mol. The molecule has 0 bridgehead atoms. The molecule has 0 amide bonds. The summed E-state index contributed by atoms with van der Waals surface area (Å²) in [5.74, 6) is 3.48. The van der Waals surface area contributed by atoms with E-state index in [9.17, 15) is 0 Å². The van der Waals surface area contributed by atoms with E-state index < -0.39 is 0 Å². The zero-order valence-electron chi connectivity index (χ0n) is 11.8. The molecule has 1 aliphatic heterocycles. The minimum atomic E-state index is 0.224. The Morgan fingerprint density at radius 3 is 2.76 bits per heavy atom. The summed E-state index contributed by atoms with van der Waals surface area (Å²) < 4.78 is 0.767. The van der Waals surface area contributed by atoms with E-state index in [1.165, 1.54) is 0 Å². The highest BCUT2D eigenvalue weighted by molar-refractivity contribution is 9.10. The van der Waals surface area contributed by atoms with Gasteiger partial charge in [-0.15, -0.1) is 0 Å². The molecule has 1 aliphatic rings. The fraction of sp³-hybridized carbons (Fsp3) is 0.333. The predicted octanol–water partition coefficient (Wildman–Crippen LogP) is 3.21. The van der Waals surface area contributed by atoms with Crippen LogP contribution in [0.25, 0.3) is 11.3 Å². The summed E-state index contributed by atoms with van der Waals surface area (Å²) in [5, 5.41) is 0. The lowest BCUT2D eigenvalue weighted by atomic mass is 10.1. The quantitative estimate of drug-likeness (QED) is 0.886. The van der Waals surface area contributed by atoms with Gasteiger partial charge in [-0.1, -0.05) is 30.3 Å². The van der Waals surface area contributed by atoms with Crippen LogP contribution in [-0.4, -0.2) is 40.0 Å². The number of nitrogen functional groups attached to an aromatic ring is 1. The Balaban J connectivity index is 2.05. The van der Waals surface area contributed by atoms with E-state index in [0.717, 1.165) is 39.6 Å². The van der Waals surface area contributed by atoms with Gasteiger partial charge < -0.3 is 5.73 Å². The van der Waals surface area contributed by atoms with Crippen molar-refractivity contribution in [1.82, 2.24) is 14.9 Å². The number of halogens is 1. The van der Waals surface area contributed by atoms with Crippen molar-refractivity contribution in [3.05, 3.63) is 40.6 Å². The van der Waals surface area contributed by atoms with Crippen molar-refractivity contribution in [3.63, 3.8) is 0 Å². The lowest BCUT2D eigenvalue weighted by Gasteiger charge is -2.31. The molecule has 3 rings (SSSR count). The van der Waals surface area contributed by atoms with Crippen LogP contribution in [0, 0.1) is 0 Å². The molecule has 1 fully saturated rings. The Bertz CT molecular complexity index is 635. The Kier molecular flexibility index (Phi) is 4.47. The van der Waals surface area contributed by atoms with Crippen LogP contribution in [0.3, 0.4) is 0 Å². The SMILES string of the molecule is CN1CCSCC1c1nc(N)c(Br)c(-c2ccccc2)n1. The molecule has 6 heteroatoms. The second kappa shape index (κ2) is 6.34. The smallest absolute Gasteiger partial charge is 0.149 e. The van der Waals surface area contributed by atoms with Gasteiger partial charge in [0.15, 0.2) is 0 Å². The molecule has 2 aromatic rings. The molecule has 0 aliphatic carbocycles. The second-order valence-corrected chi connectivity index (χ2v) is 7.01. The molecule has 0 saturated carbocycles. The highest BCUT2D eigenvalue weighted by Gasteiger charge is 2.25. The third kappa shape index (κ3) is 3.07. The summed E-state index contributed by atoms with van der Waals surface area (Å²) in [7, 11) is 2.12. The van der Waals surface area contributed by atoms with E-state index >= 15 is 0 Å². The topological polar surface area (TPSA) is 55.0 Å². The van der Waals surface area contributed by atoms with Gasteiger partial charge in [0.25, 0.3) is 0 Å². The molecular formula is C15H17BrN4S. The molecule has 2 heterocycles. The summed E-state index contributed by atoms with van der Waals surface area (Å²) in [4.78, 5) is 11.6. The third-order valence-corrected chi connectivity index (χ3v) is 5.44. The Morgan fingerprint density at radius 1 is 1.29 bits per heavy atom. The van der Waals surface area contributed by atoms with Crippen LogP contribution in [-0.2, 0) is 0 Å². The normalized spacial score (nSPS) is 19.6. The number of aromatic nitrogens is 2. The first-order chi connectivity index (χ1) is 10.2. The summed E-state index contributed by atoms with van der Waals surface area (Å²) >= 11 is 5.46. The van der Waals surface area contributed by atoms with Crippen molar-refractivity contribution in [2.45, 2.75) is 6.04 Å². The van der Waals surface area contributed by atoms with Crippen LogP contribution in [0.1, 0.15) is 11.9 Å². The fourth-order valence-electron chi connectivity index (χ4n) is 2.38. The van der Waals surface area contributed by atoms with Crippen LogP contribution in [0.2, 0.25) is 0 Å². The van der Waals surface area contributed by atoms with Crippen LogP contribution in [0.4, 0.5) is 5.82 Å². The summed E-state index contributed by atoms with van der Waals surface area (Å²) in [6.07, 6.45) is 0. The molecule has 110 valence electrons. The van der Waals surface area contributed by atoms with Gasteiger partial charge in [0.2, 0.25) is 0 Å². The minimum absolute atomic E-state index is 0.224. The first kappa shape index (κ1) is 14.8. The number of hydrogen-bond acceptors (Lipinski definition) is 5. The van der Waals surface area contributed by atoms with Crippen molar-refractivity contribution in [2.75, 3.05) is 30.8 Å². The van der Waals surface area contributed by atoms with Gasteiger partial charge in [0, 0.05) is 23.6 Å². The number of nitrogens with two attached hydrogens (primary N) is 1. The fourth-order valence-corrected chi connectivity index (χ4v) is 3.99. The zero-order valence-corrected chi connectivity index (χ0v) is 14.2. The Morgan fingerprint density at radius 2 is 2.05 bits per heavy atom. The van der Waals surface area contributed by atoms with Crippen molar-refractivity contribution >= 4 is 33.5 Å². The van der Waals surface area contributed by atoms with Gasteiger partial charge in [-0.3, -0.25) is 4.90 Å². The molecule has 1 atom stereocenters. The molecule has 1 aromatic heterocycles. The number of nitrogens with zero attached hydrogens (tertiary/aromatic N) is 3. The number of benzene rings is 1. The molecule has 21 heavy (non-hydrogen) atoms. The molecule has 1 unspecified atom stereocenters. The maximum atomic E-state index is 6.09. The highest BCUT2D eigenvalue weighted by atomic mass is 79.9. The molecule has 0 spiro atoms. The van der Waals surface area contributed by atoms with Crippen molar-refractivity contribution in [3.8, 4) is 11.3 Å². The van der Waals surface area contributed by atoms with Gasteiger partial charge in [0.1, 0.15) is 11.6 Å². The van der Waals surface area contributed by atoms with Crippen LogP contribution in [0.5, 0.6) is 0 Å². The Hall–Kier alpha value is -1.11. The molecule has 2 N–H and O–H groups in total. The van der Waals surface area contributed by atoms with Crippen molar-refractivity contribution in [1.29, 1.82) is 0 Å². The third-order valence-electron chi connectivity index (χ3n) is 3.64. The van der Waals surface area contributed by atoms with Gasteiger partial charge in [0.05, 0.1) is 16.2 Å². The predicted molar refractivity (Wildman–Crippen MR) is 92.3 cm³/mol. The van der Waals surface area contributed by atoms with Crippen molar-refractivity contribution in [2.24, 2.45) is 0 Å². The van der Waals surface area contributed by atoms with Gasteiger partial charge in [-0.05, 0) is 23.0 Å². The van der Waals surface area contributed by atoms with Gasteiger partial charge >= 0.3 is 0 Å². The average molecular weight is 365 g/mol. The van der Waals surface area contributed by atoms with Crippen LogP contribution < -0.4 is 5.73 Å². The van der Waals surface area contributed by atoms with E-state index in [4.69, 9.17) is 10.7 Å². The lowest BCUT2D eigenvalue weighted by Crippen LogP contribution is -2.34. The molecule has 4 nitrogen and oxygen atoms in total. The number of thioether (sulfide) groups is 1. The maximum Gasteiger partial charge on any atom is 0.149 e. The summed E-state index contributed by atoms with van der Waals surface area (Å²) in [6.45, 7) is 1.05. The first-order valence-corrected chi connectivity index (χ1v) is 8.78. The van der Waals surface area contributed by atoms with E-state index in [1.807, 2.05) is 42.1 Å². The van der Waals surface area contributed by atoms with Gasteiger partial charge in [-0.2, -0.15) is 11.8 Å². The van der Waals surface area contributed by atoms with Crippen LogP contribution in [0.15, 0.2) is 34.8 Å². The zero-order chi connectivity index (χ0) is 14.8. The number of hydrogen-bond donors (Lipinski definition) is 1. The number of anilines is 1. The highest BCUT2D eigenvalue weighted by Crippen LogP contribution is 2.33. The Labute approximate surface area is 137 Å². The standard InChI is InChI=1S/C15H17BrN4S/c1-20-7-8-21-9-11(20)15-18-13(12(16)14(17)19-15)10-5-3-2-4-6-10/h2-6,11H,7-9H2,1H3,(H2,17,18,19). The minimum Gasteiger partial charge on any atom is -0.383 e. The van der Waals surface area contributed by atoms with Gasteiger partial charge in [-0.25, -0.2) is 9.97 Å². The average Bonchev–Trinajstić information content (AvgIpc) is 2.51. The first-order valence-electron chi connectivity index (χ1n) is 6.83. The summed E-state index contributed by atoms with van der Waals surface area (Å²) in [6, 6.07) is 10.3. The van der Waals surface area contributed by atoms with Crippen molar-refractivity contribution < 1.29 is 0 Å². The molecule has 1 aromatic carbocycles. The molecule has 1 saturated heterocycles. The lowest BCUT2D eigenvalue weighted by molar-refractivity contribution is 0.265. The van der Waals surface area contributed by atoms with E-state index in [-0.39, 0.29) is 6.04 Å². The maximum absolute atomic E-state index is 6.09. The monoisotopic (exact) mass is 364 g/mol. The second-order valence-electron chi connectivity index (χ2n) is 5.07. The molecule has 0 radical (unpaired) electrons. The van der Waals surface area contributed by atoms with E-state index in [2.05, 4.69) is 32.9 Å². The van der Waals surface area contributed by atoms with Crippen LogP contribution >= 0.6 is 27.7 Å². The summed E-state index contributed by atoms with van der Waals surface area (Å²) in [5.41, 5.74) is 8.00. The number of rotatable bonds is 2. The van der Waals surface area contributed by atoms with E-state index in [0.29, 0.717) is 5.82 Å². The van der Waals surface area contributed by atoms with E-state index in [1.54, 1.807) is 0 Å².